The summed E-state index contributed by atoms with van der Waals surface area (Å²) in [4.78, 5) is 14.4. The zero-order valence-corrected chi connectivity index (χ0v) is 14.2. The molecule has 2 heterocycles. The van der Waals surface area contributed by atoms with E-state index in [0.717, 1.165) is 50.0 Å². The van der Waals surface area contributed by atoms with E-state index in [1.54, 1.807) is 4.68 Å². The Balaban J connectivity index is 1.63. The molecule has 2 amide bonds. The Bertz CT molecular complexity index is 571. The van der Waals surface area contributed by atoms with Gasteiger partial charge in [0.15, 0.2) is 0 Å². The fourth-order valence-corrected chi connectivity index (χ4v) is 3.97. The molecule has 2 aliphatic rings. The molecule has 128 valence electrons. The van der Waals surface area contributed by atoms with Crippen LogP contribution >= 0.6 is 0 Å². The summed E-state index contributed by atoms with van der Waals surface area (Å²) >= 11 is 0. The Labute approximate surface area is 137 Å². The minimum absolute atomic E-state index is 0.0799. The van der Waals surface area contributed by atoms with Gasteiger partial charge in [-0.05, 0) is 25.7 Å². The minimum atomic E-state index is -0.546. The first-order valence-electron chi connectivity index (χ1n) is 8.83. The van der Waals surface area contributed by atoms with Crippen LogP contribution in [0.15, 0.2) is 6.07 Å². The standard InChI is InChI=1S/C17H28N4O2/c1-3-6-14-11-15(20(2)19-14)18-16(22)21-10-9-17(23)8-5-4-7-13(17)12-21/h11,13,23H,3-10,12H2,1-2H3,(H,18,22). The number of hydrogen-bond donors (Lipinski definition) is 2. The van der Waals surface area contributed by atoms with Gasteiger partial charge < -0.3 is 10.0 Å². The van der Waals surface area contributed by atoms with Gasteiger partial charge in [0.2, 0.25) is 0 Å². The highest BCUT2D eigenvalue weighted by Crippen LogP contribution is 2.39. The number of anilines is 1. The van der Waals surface area contributed by atoms with E-state index in [1.807, 2.05) is 18.0 Å². The topological polar surface area (TPSA) is 70.4 Å². The maximum atomic E-state index is 12.6. The van der Waals surface area contributed by atoms with Crippen LogP contribution in [0, 0.1) is 5.92 Å². The number of carbonyl (C=O) groups excluding carboxylic acids is 1. The summed E-state index contributed by atoms with van der Waals surface area (Å²) in [6.07, 6.45) is 6.82. The van der Waals surface area contributed by atoms with Gasteiger partial charge in [0, 0.05) is 32.1 Å². The van der Waals surface area contributed by atoms with Gasteiger partial charge in [0.05, 0.1) is 11.3 Å². The van der Waals surface area contributed by atoms with Crippen LogP contribution in [0.1, 0.15) is 51.1 Å². The van der Waals surface area contributed by atoms with E-state index in [0.29, 0.717) is 19.5 Å². The molecule has 0 aromatic carbocycles. The number of aromatic nitrogens is 2. The molecule has 1 aliphatic heterocycles. The maximum absolute atomic E-state index is 12.6. The largest absolute Gasteiger partial charge is 0.389 e. The van der Waals surface area contributed by atoms with Crippen molar-refractivity contribution in [1.29, 1.82) is 0 Å². The Morgan fingerprint density at radius 2 is 2.30 bits per heavy atom. The number of nitrogens with one attached hydrogen (secondary N) is 1. The lowest BCUT2D eigenvalue weighted by Crippen LogP contribution is -2.55. The van der Waals surface area contributed by atoms with E-state index in [1.165, 1.54) is 0 Å². The highest BCUT2D eigenvalue weighted by Gasteiger charge is 2.43. The summed E-state index contributed by atoms with van der Waals surface area (Å²) in [6, 6.07) is 1.87. The Morgan fingerprint density at radius 1 is 1.48 bits per heavy atom. The summed E-state index contributed by atoms with van der Waals surface area (Å²) in [6.45, 7) is 3.40. The molecule has 1 aromatic heterocycles. The minimum Gasteiger partial charge on any atom is -0.389 e. The molecule has 1 saturated carbocycles. The van der Waals surface area contributed by atoms with Crippen LogP contribution in [-0.2, 0) is 13.5 Å². The van der Waals surface area contributed by atoms with Crippen molar-refractivity contribution in [3.05, 3.63) is 11.8 Å². The van der Waals surface area contributed by atoms with Gasteiger partial charge in [-0.15, -0.1) is 0 Å². The fraction of sp³-hybridized carbons (Fsp3) is 0.765. The normalized spacial score (nSPS) is 27.6. The summed E-state index contributed by atoms with van der Waals surface area (Å²) < 4.78 is 1.73. The van der Waals surface area contributed by atoms with Gasteiger partial charge in [-0.2, -0.15) is 5.10 Å². The number of aliphatic hydroxyl groups is 1. The third-order valence-corrected chi connectivity index (χ3v) is 5.39. The van der Waals surface area contributed by atoms with E-state index in [4.69, 9.17) is 0 Å². The predicted molar refractivity (Wildman–Crippen MR) is 89.3 cm³/mol. The van der Waals surface area contributed by atoms with E-state index in [2.05, 4.69) is 17.3 Å². The van der Waals surface area contributed by atoms with Crippen molar-refractivity contribution in [2.75, 3.05) is 18.4 Å². The number of nitrogens with zero attached hydrogens (tertiary/aromatic N) is 3. The second-order valence-electron chi connectivity index (χ2n) is 7.07. The van der Waals surface area contributed by atoms with Crippen molar-refractivity contribution in [2.24, 2.45) is 13.0 Å². The summed E-state index contributed by atoms with van der Waals surface area (Å²) in [5.74, 6) is 0.959. The SMILES string of the molecule is CCCc1cc(NC(=O)N2CCC3(O)CCCCC3C2)n(C)n1. The smallest absolute Gasteiger partial charge is 0.323 e. The van der Waals surface area contributed by atoms with E-state index in [-0.39, 0.29) is 11.9 Å². The molecule has 6 nitrogen and oxygen atoms in total. The van der Waals surface area contributed by atoms with Crippen molar-refractivity contribution >= 4 is 11.8 Å². The van der Waals surface area contributed by atoms with Crippen molar-refractivity contribution in [2.45, 2.75) is 57.5 Å². The quantitative estimate of drug-likeness (QED) is 0.899. The van der Waals surface area contributed by atoms with Crippen LogP contribution in [0.25, 0.3) is 0 Å². The van der Waals surface area contributed by atoms with Crippen molar-refractivity contribution < 1.29 is 9.90 Å². The van der Waals surface area contributed by atoms with Crippen LogP contribution < -0.4 is 5.32 Å². The van der Waals surface area contributed by atoms with Crippen LogP contribution in [-0.4, -0.2) is 44.5 Å². The van der Waals surface area contributed by atoms with Gasteiger partial charge in [-0.3, -0.25) is 10.00 Å². The number of fused-ring (bicyclic) bond motifs is 1. The van der Waals surface area contributed by atoms with Gasteiger partial charge >= 0.3 is 6.03 Å². The molecule has 2 N–H and O–H groups in total. The van der Waals surface area contributed by atoms with Crippen LogP contribution in [0.3, 0.4) is 0 Å². The first kappa shape index (κ1) is 16.3. The second kappa shape index (κ2) is 6.51. The Kier molecular flexibility index (Phi) is 4.62. The molecule has 2 unspecified atom stereocenters. The van der Waals surface area contributed by atoms with E-state index >= 15 is 0 Å². The second-order valence-corrected chi connectivity index (χ2v) is 7.07. The molecular weight excluding hydrogens is 292 g/mol. The lowest BCUT2D eigenvalue weighted by molar-refractivity contribution is -0.0863. The molecular formula is C17H28N4O2. The van der Waals surface area contributed by atoms with Crippen molar-refractivity contribution in [3.63, 3.8) is 0 Å². The van der Waals surface area contributed by atoms with Crippen molar-refractivity contribution in [1.82, 2.24) is 14.7 Å². The molecule has 2 atom stereocenters. The number of hydrogen-bond acceptors (Lipinski definition) is 3. The third-order valence-electron chi connectivity index (χ3n) is 5.39. The zero-order valence-electron chi connectivity index (χ0n) is 14.2. The highest BCUT2D eigenvalue weighted by molar-refractivity contribution is 5.88. The molecule has 2 fully saturated rings. The number of urea groups is 1. The van der Waals surface area contributed by atoms with Crippen LogP contribution in [0.2, 0.25) is 0 Å². The number of likely N-dealkylation sites (tertiary alicyclic amines) is 1. The predicted octanol–water partition coefficient (Wildman–Crippen LogP) is 2.53. The third kappa shape index (κ3) is 3.37. The molecule has 0 radical (unpaired) electrons. The molecule has 6 heteroatoms. The summed E-state index contributed by atoms with van der Waals surface area (Å²) in [5.41, 5.74) is 0.459. The van der Waals surface area contributed by atoms with Crippen LogP contribution in [0.4, 0.5) is 10.6 Å². The molecule has 0 spiro atoms. The summed E-state index contributed by atoms with van der Waals surface area (Å²) in [5, 5.41) is 18.1. The Hall–Kier alpha value is -1.56. The van der Waals surface area contributed by atoms with Gasteiger partial charge in [0.1, 0.15) is 5.82 Å². The first-order valence-corrected chi connectivity index (χ1v) is 8.83. The molecule has 3 rings (SSSR count). The lowest BCUT2D eigenvalue weighted by atomic mass is 9.71. The molecule has 23 heavy (non-hydrogen) atoms. The van der Waals surface area contributed by atoms with E-state index < -0.39 is 5.60 Å². The molecule has 1 aromatic rings. The average Bonchev–Trinajstić information content (AvgIpc) is 2.86. The van der Waals surface area contributed by atoms with Crippen molar-refractivity contribution in [3.8, 4) is 0 Å². The van der Waals surface area contributed by atoms with Gasteiger partial charge in [-0.25, -0.2) is 4.79 Å². The van der Waals surface area contributed by atoms with Gasteiger partial charge in [-0.1, -0.05) is 26.2 Å². The first-order chi connectivity index (χ1) is 11.0. The zero-order chi connectivity index (χ0) is 16.4. The number of aryl methyl sites for hydroxylation is 2. The van der Waals surface area contributed by atoms with Gasteiger partial charge in [0.25, 0.3) is 0 Å². The monoisotopic (exact) mass is 320 g/mol. The number of piperidine rings is 1. The molecule has 1 aliphatic carbocycles. The fourth-order valence-electron chi connectivity index (χ4n) is 3.97. The van der Waals surface area contributed by atoms with E-state index in [9.17, 15) is 9.90 Å². The average molecular weight is 320 g/mol. The molecule has 0 bridgehead atoms. The Morgan fingerprint density at radius 3 is 3.09 bits per heavy atom. The number of rotatable bonds is 3. The van der Waals surface area contributed by atoms with Crippen LogP contribution in [0.5, 0.6) is 0 Å². The number of amides is 2. The molecule has 1 saturated heterocycles. The maximum Gasteiger partial charge on any atom is 0.323 e. The number of carbonyl (C=O) groups is 1. The summed E-state index contributed by atoms with van der Waals surface area (Å²) in [7, 11) is 1.85. The lowest BCUT2D eigenvalue weighted by Gasteiger charge is -2.47. The highest BCUT2D eigenvalue weighted by atomic mass is 16.3.